The molecule has 2 aromatic rings. The Labute approximate surface area is 159 Å². The summed E-state index contributed by atoms with van der Waals surface area (Å²) in [7, 11) is 1.27. The summed E-state index contributed by atoms with van der Waals surface area (Å²) in [5.41, 5.74) is 6.68. The van der Waals surface area contributed by atoms with Gasteiger partial charge in [0.05, 0.1) is 18.8 Å². The van der Waals surface area contributed by atoms with Gasteiger partial charge in [0.1, 0.15) is 5.69 Å². The average molecular weight is 420 g/mol. The smallest absolute Gasteiger partial charge is 0.305 e. The molecule has 0 spiro atoms. The van der Waals surface area contributed by atoms with Crippen LogP contribution in [0.2, 0.25) is 0 Å². The average Bonchev–Trinajstić information content (AvgIpc) is 2.66. The number of nitrogens with one attached hydrogen (secondary N) is 1. The molecule has 1 atom stereocenters. The van der Waals surface area contributed by atoms with Crippen LogP contribution in [0.15, 0.2) is 47.1 Å². The number of ether oxygens (including phenoxy) is 1. The zero-order chi connectivity index (χ0) is 19.1. The van der Waals surface area contributed by atoms with E-state index in [1.807, 2.05) is 0 Å². The lowest BCUT2D eigenvalue weighted by atomic mass is 10.0. The van der Waals surface area contributed by atoms with Gasteiger partial charge >= 0.3 is 5.97 Å². The van der Waals surface area contributed by atoms with Gasteiger partial charge in [-0.05, 0) is 36.8 Å². The number of pyridine rings is 1. The van der Waals surface area contributed by atoms with Gasteiger partial charge in [-0.25, -0.2) is 0 Å². The van der Waals surface area contributed by atoms with E-state index in [2.05, 4.69) is 31.0 Å². The van der Waals surface area contributed by atoms with Crippen molar-refractivity contribution >= 4 is 39.3 Å². The van der Waals surface area contributed by atoms with Gasteiger partial charge in [0.15, 0.2) is 0 Å². The molecule has 7 nitrogen and oxygen atoms in total. The fourth-order valence-corrected chi connectivity index (χ4v) is 2.55. The third kappa shape index (κ3) is 5.21. The maximum Gasteiger partial charge on any atom is 0.305 e. The van der Waals surface area contributed by atoms with Crippen LogP contribution in [-0.2, 0) is 14.3 Å². The molecule has 0 bridgehead atoms. The number of amides is 1. The summed E-state index contributed by atoms with van der Waals surface area (Å²) >= 11 is 3.32. The number of rotatable bonds is 7. The van der Waals surface area contributed by atoms with Crippen molar-refractivity contribution in [1.82, 2.24) is 4.98 Å². The molecule has 1 aromatic heterocycles. The van der Waals surface area contributed by atoms with E-state index in [9.17, 15) is 14.4 Å². The maximum absolute atomic E-state index is 12.7. The van der Waals surface area contributed by atoms with Crippen molar-refractivity contribution < 1.29 is 19.1 Å². The minimum absolute atomic E-state index is 0.0310. The van der Waals surface area contributed by atoms with E-state index in [0.717, 1.165) is 0 Å². The second-order valence-electron chi connectivity index (χ2n) is 5.44. The number of halogens is 1. The maximum atomic E-state index is 12.7. The highest BCUT2D eigenvalue weighted by Gasteiger charge is 2.20. The molecule has 3 N–H and O–H groups in total. The number of carbonyl (C=O) groups is 3. The molecule has 8 heteroatoms. The molecule has 1 aromatic carbocycles. The molecular weight excluding hydrogens is 402 g/mol. The number of nitrogens with two attached hydrogens (primary N) is 1. The number of benzene rings is 1. The van der Waals surface area contributed by atoms with Crippen LogP contribution in [-0.4, -0.2) is 35.8 Å². The molecule has 1 amide bonds. The molecule has 0 saturated heterocycles. The van der Waals surface area contributed by atoms with E-state index in [1.54, 1.807) is 36.4 Å². The largest absolute Gasteiger partial charge is 0.469 e. The topological polar surface area (TPSA) is 111 Å². The predicted octanol–water partition coefficient (Wildman–Crippen LogP) is 2.29. The lowest BCUT2D eigenvalue weighted by molar-refractivity contribution is -0.140. The fraction of sp³-hybridized carbons (Fsp3) is 0.222. The van der Waals surface area contributed by atoms with E-state index in [0.29, 0.717) is 15.7 Å². The minimum atomic E-state index is -0.911. The first-order valence-corrected chi connectivity index (χ1v) is 8.60. The van der Waals surface area contributed by atoms with Gasteiger partial charge in [-0.1, -0.05) is 22.0 Å². The Morgan fingerprint density at radius 1 is 1.27 bits per heavy atom. The molecule has 2 rings (SSSR count). The van der Waals surface area contributed by atoms with Crippen molar-refractivity contribution in [1.29, 1.82) is 0 Å². The SMILES string of the molecule is COC(=O)CC[C@H](N)C(=O)Nc1cc(Br)ccc1C(=O)c1ccccn1. The fourth-order valence-electron chi connectivity index (χ4n) is 2.18. The Morgan fingerprint density at radius 3 is 2.69 bits per heavy atom. The van der Waals surface area contributed by atoms with Crippen molar-refractivity contribution in [2.24, 2.45) is 5.73 Å². The Morgan fingerprint density at radius 2 is 2.04 bits per heavy atom. The molecule has 1 heterocycles. The lowest BCUT2D eigenvalue weighted by Gasteiger charge is -2.14. The number of esters is 1. The van der Waals surface area contributed by atoms with Gasteiger partial charge in [-0.2, -0.15) is 0 Å². The minimum Gasteiger partial charge on any atom is -0.469 e. The Balaban J connectivity index is 2.18. The van der Waals surface area contributed by atoms with Crippen molar-refractivity contribution in [3.05, 3.63) is 58.3 Å². The van der Waals surface area contributed by atoms with Crippen molar-refractivity contribution in [3.63, 3.8) is 0 Å². The molecular formula is C18H18BrN3O4. The molecule has 0 unspecified atom stereocenters. The highest BCUT2D eigenvalue weighted by Crippen LogP contribution is 2.24. The Bertz CT molecular complexity index is 811. The third-order valence-corrected chi connectivity index (χ3v) is 4.10. The molecule has 136 valence electrons. The van der Waals surface area contributed by atoms with Crippen molar-refractivity contribution in [2.75, 3.05) is 12.4 Å². The van der Waals surface area contributed by atoms with Gasteiger partial charge in [0.2, 0.25) is 11.7 Å². The van der Waals surface area contributed by atoms with Crippen molar-refractivity contribution in [2.45, 2.75) is 18.9 Å². The summed E-state index contributed by atoms with van der Waals surface area (Å²) in [6.07, 6.45) is 1.69. The molecule has 26 heavy (non-hydrogen) atoms. The van der Waals surface area contributed by atoms with Crippen LogP contribution in [0.4, 0.5) is 5.69 Å². The molecule has 0 aliphatic carbocycles. The van der Waals surface area contributed by atoms with Gasteiger partial charge < -0.3 is 15.8 Å². The number of hydrogen-bond donors (Lipinski definition) is 2. The number of aromatic nitrogens is 1. The van der Waals surface area contributed by atoms with Crippen LogP contribution in [0, 0.1) is 0 Å². The summed E-state index contributed by atoms with van der Waals surface area (Å²) in [4.78, 5) is 40.2. The summed E-state index contributed by atoms with van der Waals surface area (Å²) in [5, 5.41) is 2.65. The normalized spacial score (nSPS) is 11.5. The van der Waals surface area contributed by atoms with Crippen LogP contribution in [0.5, 0.6) is 0 Å². The molecule has 0 fully saturated rings. The van der Waals surface area contributed by atoms with Gasteiger partial charge in [-0.3, -0.25) is 19.4 Å². The van der Waals surface area contributed by atoms with Crippen LogP contribution < -0.4 is 11.1 Å². The highest BCUT2D eigenvalue weighted by molar-refractivity contribution is 9.10. The van der Waals surface area contributed by atoms with E-state index in [4.69, 9.17) is 5.73 Å². The number of anilines is 1. The van der Waals surface area contributed by atoms with E-state index >= 15 is 0 Å². The Hall–Kier alpha value is -2.58. The van der Waals surface area contributed by atoms with E-state index in [1.165, 1.54) is 13.3 Å². The second kappa shape index (κ2) is 9.21. The van der Waals surface area contributed by atoms with Gasteiger partial charge in [-0.15, -0.1) is 0 Å². The predicted molar refractivity (Wildman–Crippen MR) is 99.7 cm³/mol. The monoisotopic (exact) mass is 419 g/mol. The first-order valence-electron chi connectivity index (χ1n) is 7.81. The standard InChI is InChI=1S/C18H18BrN3O4/c1-26-16(23)8-7-13(20)18(25)22-15-10-11(19)5-6-12(15)17(24)14-4-2-3-9-21-14/h2-6,9-10,13H,7-8,20H2,1H3,(H,22,25)/t13-/m0/s1. The summed E-state index contributed by atoms with van der Waals surface area (Å²) in [5.74, 6) is -1.26. The number of carbonyl (C=O) groups excluding carboxylic acids is 3. The van der Waals surface area contributed by atoms with Crippen LogP contribution >= 0.6 is 15.9 Å². The van der Waals surface area contributed by atoms with Gasteiger partial charge in [0.25, 0.3) is 0 Å². The molecule has 0 saturated carbocycles. The molecule has 0 aliphatic heterocycles. The lowest BCUT2D eigenvalue weighted by Crippen LogP contribution is -2.36. The number of hydrogen-bond acceptors (Lipinski definition) is 6. The van der Waals surface area contributed by atoms with Crippen LogP contribution in [0.25, 0.3) is 0 Å². The third-order valence-electron chi connectivity index (χ3n) is 3.61. The quantitative estimate of drug-likeness (QED) is 0.525. The van der Waals surface area contributed by atoms with Crippen LogP contribution in [0.3, 0.4) is 0 Å². The van der Waals surface area contributed by atoms with E-state index in [-0.39, 0.29) is 24.3 Å². The number of nitrogens with zero attached hydrogens (tertiary/aromatic N) is 1. The zero-order valence-corrected chi connectivity index (χ0v) is 15.7. The Kier molecular flexibility index (Phi) is 6.99. The first kappa shape index (κ1) is 19.7. The molecule has 0 aliphatic rings. The van der Waals surface area contributed by atoms with Crippen LogP contribution in [0.1, 0.15) is 28.9 Å². The van der Waals surface area contributed by atoms with E-state index < -0.39 is 17.9 Å². The number of ketones is 1. The highest BCUT2D eigenvalue weighted by atomic mass is 79.9. The van der Waals surface area contributed by atoms with Crippen molar-refractivity contribution in [3.8, 4) is 0 Å². The second-order valence-corrected chi connectivity index (χ2v) is 6.36. The first-order chi connectivity index (χ1) is 12.4. The summed E-state index contributed by atoms with van der Waals surface area (Å²) in [6, 6.07) is 9.01. The number of methoxy groups -OCH3 is 1. The molecule has 0 radical (unpaired) electrons. The van der Waals surface area contributed by atoms with Gasteiger partial charge in [0, 0.05) is 22.7 Å². The summed E-state index contributed by atoms with van der Waals surface area (Å²) in [6.45, 7) is 0. The summed E-state index contributed by atoms with van der Waals surface area (Å²) < 4.78 is 5.22. The zero-order valence-electron chi connectivity index (χ0n) is 14.1.